The van der Waals surface area contributed by atoms with Gasteiger partial charge in [0.1, 0.15) is 23.0 Å². The van der Waals surface area contributed by atoms with E-state index in [1.165, 1.54) is 6.07 Å². The Balaban J connectivity index is 1.60. The van der Waals surface area contributed by atoms with Crippen LogP contribution in [0.15, 0.2) is 40.1 Å². The van der Waals surface area contributed by atoms with E-state index in [0.29, 0.717) is 10.1 Å². The number of para-hydroxylation sites is 1. The lowest BCUT2D eigenvalue weighted by molar-refractivity contribution is -0.194. The number of halogens is 3. The number of phosphoric acid groups is 1. The van der Waals surface area contributed by atoms with E-state index in [1.807, 2.05) is 4.98 Å². The predicted octanol–water partition coefficient (Wildman–Crippen LogP) is 1.18. The second-order valence-electron chi connectivity index (χ2n) is 7.04. The molecule has 3 N–H and O–H groups in total. The van der Waals surface area contributed by atoms with Gasteiger partial charge in [0.25, 0.3) is 12.0 Å². The van der Waals surface area contributed by atoms with E-state index in [1.54, 1.807) is 18.2 Å². The molecule has 0 spiro atoms. The number of aliphatic hydroxyl groups excluding tert-OH is 2. The Kier molecular flexibility index (Phi) is 6.01. The smallest absolute Gasteiger partial charge is 0.404 e. The van der Waals surface area contributed by atoms with Gasteiger partial charge in [0, 0.05) is 11.8 Å². The van der Waals surface area contributed by atoms with Gasteiger partial charge in [0.2, 0.25) is 0 Å². The number of alkyl halides is 2. The Morgan fingerprint density at radius 2 is 2.06 bits per heavy atom. The summed E-state index contributed by atoms with van der Waals surface area (Å²) in [5, 5.41) is 20.2. The minimum Gasteiger partial charge on any atom is -0.404 e. The van der Waals surface area contributed by atoms with Gasteiger partial charge in [0.15, 0.2) is 11.8 Å². The number of nitrogens with one attached hydrogen (secondary N) is 1. The number of ether oxygens (including phenoxy) is 1. The molecule has 0 radical (unpaired) electrons. The normalized spacial score (nSPS) is 32.0. The Bertz CT molecular complexity index is 1190. The quantitative estimate of drug-likeness (QED) is 0.518. The second kappa shape index (κ2) is 8.34. The molecule has 2 aromatic rings. The molecule has 4 rings (SSSR count). The number of hydrogen-bond donors (Lipinski definition) is 3. The van der Waals surface area contributed by atoms with Crippen LogP contribution in [0.2, 0.25) is 5.02 Å². The predicted molar refractivity (Wildman–Crippen MR) is 103 cm³/mol. The van der Waals surface area contributed by atoms with Crippen LogP contribution >= 0.6 is 19.4 Å². The van der Waals surface area contributed by atoms with Crippen molar-refractivity contribution < 1.29 is 41.9 Å². The van der Waals surface area contributed by atoms with Gasteiger partial charge in [-0.15, -0.1) is 0 Å². The number of fused-ring (bicyclic) bond motifs is 1. The molecule has 2 aliphatic heterocycles. The largest absolute Gasteiger partial charge is 0.530 e. The highest BCUT2D eigenvalue weighted by molar-refractivity contribution is 7.49. The molecule has 5 atom stereocenters. The molecular formula is C17H16ClF2N2O9P. The highest BCUT2D eigenvalue weighted by atomic mass is 35.5. The maximum atomic E-state index is 14.1. The molecule has 1 aromatic carbocycles. The Morgan fingerprint density at radius 1 is 1.34 bits per heavy atom. The second-order valence-corrected chi connectivity index (χ2v) is 9.04. The van der Waals surface area contributed by atoms with Gasteiger partial charge >= 0.3 is 13.5 Å². The Morgan fingerprint density at radius 3 is 2.78 bits per heavy atom. The molecule has 1 unspecified atom stereocenters. The maximum Gasteiger partial charge on any atom is 0.530 e. The molecule has 11 nitrogen and oxygen atoms in total. The average molecular weight is 497 g/mol. The lowest BCUT2D eigenvalue weighted by Gasteiger charge is -2.32. The van der Waals surface area contributed by atoms with E-state index >= 15 is 0 Å². The van der Waals surface area contributed by atoms with Crippen LogP contribution in [0.5, 0.6) is 5.75 Å². The first-order valence-corrected chi connectivity index (χ1v) is 10.9. The number of phosphoric ester groups is 1. The van der Waals surface area contributed by atoms with Crippen molar-refractivity contribution in [1.29, 1.82) is 0 Å². The number of benzene rings is 1. The first-order chi connectivity index (χ1) is 15.1. The number of rotatable bonds is 5. The van der Waals surface area contributed by atoms with E-state index in [2.05, 4.69) is 0 Å². The Hall–Kier alpha value is -2.12. The molecule has 0 bridgehead atoms. The van der Waals surface area contributed by atoms with Gasteiger partial charge < -0.3 is 19.5 Å². The summed E-state index contributed by atoms with van der Waals surface area (Å²) < 4.78 is 61.8. The summed E-state index contributed by atoms with van der Waals surface area (Å²) in [5.41, 5.74) is -4.46. The van der Waals surface area contributed by atoms with E-state index in [-0.39, 0.29) is 12.4 Å². The first-order valence-electron chi connectivity index (χ1n) is 9.06. The van der Waals surface area contributed by atoms with E-state index in [0.717, 1.165) is 6.20 Å². The van der Waals surface area contributed by atoms with E-state index in [9.17, 15) is 33.1 Å². The molecular weight excluding hydrogens is 481 g/mol. The first kappa shape index (κ1) is 23.1. The van der Waals surface area contributed by atoms with Crippen LogP contribution in [0.4, 0.5) is 8.78 Å². The summed E-state index contributed by atoms with van der Waals surface area (Å²) in [6.07, 6.45) is -8.96. The lowest BCUT2D eigenvalue weighted by atomic mass is 9.96. The van der Waals surface area contributed by atoms with Gasteiger partial charge in [0.05, 0.1) is 13.2 Å². The minimum absolute atomic E-state index is 0.161. The van der Waals surface area contributed by atoms with Crippen LogP contribution in [0.1, 0.15) is 11.8 Å². The van der Waals surface area contributed by atoms with Gasteiger partial charge in [-0.2, -0.15) is 0 Å². The Labute approximate surface area is 182 Å². The molecule has 15 heteroatoms. The van der Waals surface area contributed by atoms with Crippen LogP contribution in [-0.2, 0) is 25.0 Å². The molecule has 1 saturated heterocycles. The molecule has 1 fully saturated rings. The van der Waals surface area contributed by atoms with Crippen molar-refractivity contribution in [2.45, 2.75) is 37.1 Å². The molecule has 2 aliphatic rings. The van der Waals surface area contributed by atoms with E-state index in [4.69, 9.17) is 29.9 Å². The SMILES string of the molecule is O=c1[nH]c(=O)n([C@@H]2O[C@@](COP3(=O)OCc4ccccc4O3)(C(F)F)[C@H](O)[C@H]2O)cc1Cl. The monoisotopic (exact) mass is 496 g/mol. The fourth-order valence-electron chi connectivity index (χ4n) is 3.29. The third-order valence-electron chi connectivity index (χ3n) is 5.03. The third kappa shape index (κ3) is 3.90. The van der Waals surface area contributed by atoms with Crippen molar-refractivity contribution in [2.24, 2.45) is 0 Å². The number of nitrogens with zero attached hydrogens (tertiary/aromatic N) is 1. The third-order valence-corrected chi connectivity index (χ3v) is 6.61. The van der Waals surface area contributed by atoms with Crippen molar-refractivity contribution in [3.8, 4) is 5.75 Å². The minimum atomic E-state index is -4.39. The molecule has 0 saturated carbocycles. The van der Waals surface area contributed by atoms with Crippen molar-refractivity contribution in [3.05, 3.63) is 61.9 Å². The summed E-state index contributed by atoms with van der Waals surface area (Å²) in [7, 11) is -4.39. The van der Waals surface area contributed by atoms with Crippen LogP contribution in [0.25, 0.3) is 0 Å². The lowest BCUT2D eigenvalue weighted by Crippen LogP contribution is -2.52. The number of aliphatic hydroxyl groups is 2. The zero-order chi connectivity index (χ0) is 23.3. The number of hydrogen-bond acceptors (Lipinski definition) is 9. The van der Waals surface area contributed by atoms with Gasteiger partial charge in [-0.1, -0.05) is 29.8 Å². The van der Waals surface area contributed by atoms with Crippen molar-refractivity contribution >= 4 is 19.4 Å². The fourth-order valence-corrected chi connectivity index (χ4v) is 4.70. The highest BCUT2D eigenvalue weighted by Crippen LogP contribution is 2.56. The zero-order valence-electron chi connectivity index (χ0n) is 15.9. The van der Waals surface area contributed by atoms with Gasteiger partial charge in [-0.3, -0.25) is 23.4 Å². The topological polar surface area (TPSA) is 149 Å². The zero-order valence-corrected chi connectivity index (χ0v) is 17.5. The molecule has 174 valence electrons. The number of H-pyrrole nitrogens is 1. The fraction of sp³-hybridized carbons (Fsp3) is 0.412. The molecule has 3 heterocycles. The van der Waals surface area contributed by atoms with Crippen LogP contribution in [0, 0.1) is 0 Å². The van der Waals surface area contributed by atoms with Crippen LogP contribution in [-0.4, -0.2) is 50.6 Å². The van der Waals surface area contributed by atoms with Gasteiger partial charge in [-0.05, 0) is 6.07 Å². The summed E-state index contributed by atoms with van der Waals surface area (Å²) in [6.45, 7) is -1.42. The standard InChI is InChI=1S/C17H16ClF2N2O9P/c18-9-5-22(16(26)21-13(9)25)14-11(23)12(24)17(30-14,15(19)20)7-29-32(27)28-6-8-3-1-2-4-10(8)31-32/h1-5,11-12,14-15,23-24H,6-7H2,(H,21,25,26)/t11-,12-,14-,17-,32?/m1/s1. The maximum absolute atomic E-state index is 14.1. The summed E-state index contributed by atoms with van der Waals surface area (Å²) in [4.78, 5) is 25.3. The molecule has 0 aliphatic carbocycles. The van der Waals surface area contributed by atoms with Crippen molar-refractivity contribution in [2.75, 3.05) is 6.61 Å². The number of aromatic amines is 1. The van der Waals surface area contributed by atoms with Gasteiger partial charge in [-0.25, -0.2) is 18.1 Å². The number of aromatic nitrogens is 2. The summed E-state index contributed by atoms with van der Waals surface area (Å²) in [6, 6.07) is 6.39. The molecule has 1 aromatic heterocycles. The average Bonchev–Trinajstić information content (AvgIpc) is 3.01. The van der Waals surface area contributed by atoms with Crippen molar-refractivity contribution in [3.63, 3.8) is 0 Å². The summed E-state index contributed by atoms with van der Waals surface area (Å²) in [5.74, 6) is 0.161. The highest BCUT2D eigenvalue weighted by Gasteiger charge is 2.62. The van der Waals surface area contributed by atoms with Crippen LogP contribution in [0.3, 0.4) is 0 Å². The molecule has 0 amide bonds. The van der Waals surface area contributed by atoms with Crippen LogP contribution < -0.4 is 15.8 Å². The van der Waals surface area contributed by atoms with E-state index < -0.39 is 61.2 Å². The van der Waals surface area contributed by atoms with Crippen molar-refractivity contribution in [1.82, 2.24) is 9.55 Å². The molecule has 32 heavy (non-hydrogen) atoms. The summed E-state index contributed by atoms with van der Waals surface area (Å²) >= 11 is 5.66.